The summed E-state index contributed by atoms with van der Waals surface area (Å²) in [5, 5.41) is 13.1. The molecule has 1 heterocycles. The van der Waals surface area contributed by atoms with Crippen molar-refractivity contribution in [2.75, 3.05) is 19.0 Å². The van der Waals surface area contributed by atoms with Gasteiger partial charge in [-0.3, -0.25) is 14.9 Å². The number of hydrogen-bond acceptors (Lipinski definition) is 7. The lowest BCUT2D eigenvalue weighted by Gasteiger charge is -2.10. The summed E-state index contributed by atoms with van der Waals surface area (Å²) < 4.78 is 9.85. The molecule has 0 aliphatic carbocycles. The monoisotopic (exact) mass is 365 g/mol. The van der Waals surface area contributed by atoms with Gasteiger partial charge in [0.1, 0.15) is 10.9 Å². The average Bonchev–Trinajstić information content (AvgIpc) is 2.60. The Morgan fingerprint density at radius 2 is 2.12 bits per heavy atom. The number of carbonyl (C=O) groups excluding carboxylic acids is 2. The summed E-state index contributed by atoms with van der Waals surface area (Å²) >= 11 is 5.76. The normalized spacial score (nSPS) is 10.0. The first-order chi connectivity index (χ1) is 11.9. The van der Waals surface area contributed by atoms with Crippen molar-refractivity contribution in [1.29, 1.82) is 0 Å². The molecule has 0 aliphatic rings. The van der Waals surface area contributed by atoms with Crippen molar-refractivity contribution >= 4 is 34.9 Å². The van der Waals surface area contributed by atoms with Gasteiger partial charge in [0.2, 0.25) is 0 Å². The van der Waals surface area contributed by atoms with Crippen LogP contribution in [0.3, 0.4) is 0 Å². The Bertz CT molecular complexity index is 827. The largest absolute Gasteiger partial charge is 0.494 e. The molecule has 9 nitrogen and oxygen atoms in total. The van der Waals surface area contributed by atoms with Gasteiger partial charge in [-0.05, 0) is 18.2 Å². The quantitative estimate of drug-likeness (QED) is 0.361. The van der Waals surface area contributed by atoms with Gasteiger partial charge in [0, 0.05) is 12.3 Å². The van der Waals surface area contributed by atoms with Gasteiger partial charge < -0.3 is 14.8 Å². The van der Waals surface area contributed by atoms with E-state index in [9.17, 15) is 19.7 Å². The van der Waals surface area contributed by atoms with Crippen LogP contribution in [0.4, 0.5) is 11.4 Å². The molecule has 2 aromatic rings. The highest BCUT2D eigenvalue weighted by atomic mass is 35.5. The first kappa shape index (κ1) is 18.1. The molecule has 1 aromatic heterocycles. The van der Waals surface area contributed by atoms with Crippen LogP contribution in [-0.2, 0) is 9.53 Å². The van der Waals surface area contributed by atoms with Crippen molar-refractivity contribution in [1.82, 2.24) is 4.98 Å². The molecule has 130 valence electrons. The summed E-state index contributed by atoms with van der Waals surface area (Å²) in [5.41, 5.74) is 0.0472. The van der Waals surface area contributed by atoms with E-state index in [4.69, 9.17) is 21.1 Å². The summed E-state index contributed by atoms with van der Waals surface area (Å²) in [5.74, 6) is -1.35. The molecule has 1 aromatic carbocycles. The molecule has 25 heavy (non-hydrogen) atoms. The topological polar surface area (TPSA) is 121 Å². The highest BCUT2D eigenvalue weighted by Gasteiger charge is 2.16. The number of anilines is 1. The number of nitrogens with zero attached hydrogens (tertiary/aromatic N) is 2. The zero-order valence-corrected chi connectivity index (χ0v) is 13.6. The number of nitrogens with one attached hydrogen (secondary N) is 1. The van der Waals surface area contributed by atoms with Crippen molar-refractivity contribution in [3.05, 3.63) is 57.4 Å². The third-order valence-corrected chi connectivity index (χ3v) is 3.28. The van der Waals surface area contributed by atoms with Crippen LogP contribution >= 0.6 is 11.6 Å². The second kappa shape index (κ2) is 8.06. The number of nitro groups is 1. The predicted octanol–water partition coefficient (Wildman–Crippen LogP) is 2.45. The summed E-state index contributed by atoms with van der Waals surface area (Å²) in [6, 6.07) is 6.60. The fraction of sp³-hybridized carbons (Fsp3) is 0.133. The number of nitro benzene ring substituents is 1. The maximum absolute atomic E-state index is 11.9. The number of ether oxygens (including phenoxy) is 2. The predicted molar refractivity (Wildman–Crippen MR) is 87.8 cm³/mol. The highest BCUT2D eigenvalue weighted by molar-refractivity contribution is 6.32. The molecule has 2 rings (SSSR count). The van der Waals surface area contributed by atoms with Gasteiger partial charge in [-0.15, -0.1) is 0 Å². The van der Waals surface area contributed by atoms with E-state index in [-0.39, 0.29) is 27.8 Å². The fourth-order valence-corrected chi connectivity index (χ4v) is 2.03. The van der Waals surface area contributed by atoms with E-state index in [2.05, 4.69) is 10.3 Å². The second-order valence-corrected chi connectivity index (χ2v) is 4.97. The lowest BCUT2D eigenvalue weighted by Crippen LogP contribution is -2.21. The number of aromatic nitrogens is 1. The standard InChI is InChI=1S/C15H12ClN3O6/c1-24-12-7-9(19(22)23)4-5-11(12)18-13(20)8-25-15(21)10-3-2-6-17-14(10)16/h2-7H,8H2,1H3,(H,18,20). The molecular formula is C15H12ClN3O6. The number of pyridine rings is 1. The van der Waals surface area contributed by atoms with Crippen LogP contribution in [0.5, 0.6) is 5.75 Å². The summed E-state index contributed by atoms with van der Waals surface area (Å²) in [6.45, 7) is -0.579. The van der Waals surface area contributed by atoms with Crippen LogP contribution in [-0.4, -0.2) is 35.5 Å². The third-order valence-electron chi connectivity index (χ3n) is 2.98. The molecule has 1 N–H and O–H groups in total. The van der Waals surface area contributed by atoms with Crippen molar-refractivity contribution in [2.24, 2.45) is 0 Å². The van der Waals surface area contributed by atoms with Crippen LogP contribution < -0.4 is 10.1 Å². The Morgan fingerprint density at radius 1 is 1.36 bits per heavy atom. The molecule has 0 bridgehead atoms. The minimum absolute atomic E-state index is 0.0323. The van der Waals surface area contributed by atoms with Crippen molar-refractivity contribution < 1.29 is 24.0 Å². The first-order valence-electron chi connectivity index (χ1n) is 6.82. The Kier molecular flexibility index (Phi) is 5.85. The van der Waals surface area contributed by atoms with E-state index < -0.39 is 23.4 Å². The molecule has 10 heteroatoms. The maximum Gasteiger partial charge on any atom is 0.341 e. The van der Waals surface area contributed by atoms with Gasteiger partial charge in [0.25, 0.3) is 11.6 Å². The first-order valence-corrected chi connectivity index (χ1v) is 7.20. The van der Waals surface area contributed by atoms with Gasteiger partial charge in [0.05, 0.1) is 29.4 Å². The zero-order valence-electron chi connectivity index (χ0n) is 12.9. The molecule has 0 fully saturated rings. The van der Waals surface area contributed by atoms with E-state index in [1.54, 1.807) is 0 Å². The van der Waals surface area contributed by atoms with Gasteiger partial charge in [-0.2, -0.15) is 0 Å². The number of amides is 1. The summed E-state index contributed by atoms with van der Waals surface area (Å²) in [7, 11) is 1.30. The SMILES string of the molecule is COc1cc([N+](=O)[O-])ccc1NC(=O)COC(=O)c1cccnc1Cl. The minimum Gasteiger partial charge on any atom is -0.494 e. The molecule has 0 saturated carbocycles. The number of non-ortho nitro benzene ring substituents is 1. The van der Waals surface area contributed by atoms with E-state index >= 15 is 0 Å². The molecule has 1 amide bonds. The molecular weight excluding hydrogens is 354 g/mol. The van der Waals surface area contributed by atoms with Crippen LogP contribution in [0.15, 0.2) is 36.5 Å². The van der Waals surface area contributed by atoms with Gasteiger partial charge >= 0.3 is 5.97 Å². The average molecular weight is 366 g/mol. The molecule has 0 aliphatic heterocycles. The van der Waals surface area contributed by atoms with Crippen molar-refractivity contribution in [3.63, 3.8) is 0 Å². The Balaban J connectivity index is 2.00. The number of rotatable bonds is 6. The van der Waals surface area contributed by atoms with Crippen molar-refractivity contribution in [2.45, 2.75) is 0 Å². The van der Waals surface area contributed by atoms with Crippen LogP contribution in [0, 0.1) is 10.1 Å². The van der Waals surface area contributed by atoms with Gasteiger partial charge in [-0.1, -0.05) is 11.6 Å². The number of halogens is 1. The Labute approximate surface area is 146 Å². The lowest BCUT2D eigenvalue weighted by atomic mass is 10.2. The lowest BCUT2D eigenvalue weighted by molar-refractivity contribution is -0.384. The maximum atomic E-state index is 11.9. The number of hydrogen-bond donors (Lipinski definition) is 1. The van der Waals surface area contributed by atoms with Crippen LogP contribution in [0.1, 0.15) is 10.4 Å². The highest BCUT2D eigenvalue weighted by Crippen LogP contribution is 2.28. The van der Waals surface area contributed by atoms with Gasteiger partial charge in [-0.25, -0.2) is 9.78 Å². The fourth-order valence-electron chi connectivity index (χ4n) is 1.83. The van der Waals surface area contributed by atoms with E-state index in [0.717, 1.165) is 6.07 Å². The van der Waals surface area contributed by atoms with E-state index in [1.807, 2.05) is 0 Å². The third kappa shape index (κ3) is 4.64. The zero-order chi connectivity index (χ0) is 18.4. The van der Waals surface area contributed by atoms with Gasteiger partial charge in [0.15, 0.2) is 6.61 Å². The number of esters is 1. The van der Waals surface area contributed by atoms with Crippen molar-refractivity contribution in [3.8, 4) is 5.75 Å². The van der Waals surface area contributed by atoms with Crippen LogP contribution in [0.25, 0.3) is 0 Å². The van der Waals surface area contributed by atoms with Crippen LogP contribution in [0.2, 0.25) is 5.15 Å². The molecule has 0 radical (unpaired) electrons. The molecule has 0 atom stereocenters. The summed E-state index contributed by atoms with van der Waals surface area (Å²) in [6.07, 6.45) is 1.41. The molecule has 0 unspecified atom stereocenters. The number of methoxy groups -OCH3 is 1. The smallest absolute Gasteiger partial charge is 0.341 e. The Hall–Kier alpha value is -3.20. The molecule has 0 saturated heterocycles. The van der Waals surface area contributed by atoms with E-state index in [0.29, 0.717) is 0 Å². The number of carbonyl (C=O) groups is 2. The number of benzene rings is 1. The summed E-state index contributed by atoms with van der Waals surface area (Å²) in [4.78, 5) is 37.6. The van der Waals surface area contributed by atoms with E-state index in [1.165, 1.54) is 37.6 Å². The molecule has 0 spiro atoms. The second-order valence-electron chi connectivity index (χ2n) is 4.61. The minimum atomic E-state index is -0.802. The Morgan fingerprint density at radius 3 is 2.76 bits per heavy atom.